The Morgan fingerprint density at radius 3 is 2.31 bits per heavy atom. The van der Waals surface area contributed by atoms with Crippen molar-refractivity contribution in [3.63, 3.8) is 0 Å². The van der Waals surface area contributed by atoms with Crippen molar-refractivity contribution < 1.29 is 18.4 Å². The molecule has 1 unspecified atom stereocenters. The monoisotopic (exact) mass is 397 g/mol. The molecular weight excluding hydrogens is 373 g/mol. The highest BCUT2D eigenvalue weighted by atomic mass is 19.1. The molecule has 6 nitrogen and oxygen atoms in total. The van der Waals surface area contributed by atoms with E-state index in [4.69, 9.17) is 9.26 Å². The number of benzene rings is 2. The van der Waals surface area contributed by atoms with Crippen molar-refractivity contribution >= 4 is 17.5 Å². The maximum absolute atomic E-state index is 13.0. The minimum absolute atomic E-state index is 0.190. The highest BCUT2D eigenvalue weighted by Crippen LogP contribution is 2.25. The number of carbonyl (C=O) groups is 1. The summed E-state index contributed by atoms with van der Waals surface area (Å²) >= 11 is 0. The third-order valence-electron chi connectivity index (χ3n) is 4.26. The Balaban J connectivity index is 1.55. The number of hydrogen-bond acceptors (Lipinski definition) is 4. The number of halogens is 1. The highest BCUT2D eigenvalue weighted by Gasteiger charge is 2.20. The smallest absolute Gasteiger partial charge is 0.324 e. The van der Waals surface area contributed by atoms with Gasteiger partial charge >= 0.3 is 6.03 Å². The van der Waals surface area contributed by atoms with Crippen LogP contribution in [0, 0.1) is 5.82 Å². The van der Waals surface area contributed by atoms with Gasteiger partial charge in [-0.15, -0.1) is 0 Å². The topological polar surface area (TPSA) is 76.4 Å². The van der Waals surface area contributed by atoms with E-state index >= 15 is 0 Å². The van der Waals surface area contributed by atoms with Crippen LogP contribution in [-0.4, -0.2) is 11.2 Å². The van der Waals surface area contributed by atoms with Crippen LogP contribution < -0.4 is 15.4 Å². The van der Waals surface area contributed by atoms with E-state index in [0.29, 0.717) is 23.0 Å². The Morgan fingerprint density at radius 1 is 1.07 bits per heavy atom. The molecule has 3 aromatic rings. The average molecular weight is 397 g/mol. The normalized spacial score (nSPS) is 12.3. The summed E-state index contributed by atoms with van der Waals surface area (Å²) in [6.45, 7) is 7.88. The second kappa shape index (κ2) is 8.34. The molecule has 0 aliphatic carbocycles. The van der Waals surface area contributed by atoms with Gasteiger partial charge in [-0.3, -0.25) is 5.32 Å². The molecule has 2 aromatic carbocycles. The van der Waals surface area contributed by atoms with Gasteiger partial charge in [0.05, 0.1) is 0 Å². The van der Waals surface area contributed by atoms with E-state index in [1.807, 2.05) is 27.7 Å². The number of nitrogens with zero attached hydrogens (tertiary/aromatic N) is 1. The van der Waals surface area contributed by atoms with Crippen LogP contribution in [0.1, 0.15) is 45.1 Å². The van der Waals surface area contributed by atoms with Crippen LogP contribution in [0.15, 0.2) is 59.1 Å². The summed E-state index contributed by atoms with van der Waals surface area (Å²) in [5.41, 5.74) is 1.28. The molecule has 2 N–H and O–H groups in total. The zero-order valence-electron chi connectivity index (χ0n) is 16.8. The van der Waals surface area contributed by atoms with Crippen molar-refractivity contribution in [1.82, 2.24) is 5.16 Å². The fourth-order valence-electron chi connectivity index (χ4n) is 2.59. The lowest BCUT2D eigenvalue weighted by atomic mass is 9.93. The van der Waals surface area contributed by atoms with Gasteiger partial charge < -0.3 is 14.6 Å². The van der Waals surface area contributed by atoms with Gasteiger partial charge in [0.15, 0.2) is 5.82 Å². The molecule has 0 fully saturated rings. The van der Waals surface area contributed by atoms with Crippen molar-refractivity contribution in [3.8, 4) is 5.75 Å². The van der Waals surface area contributed by atoms with Crippen molar-refractivity contribution in [2.75, 3.05) is 10.6 Å². The predicted octanol–water partition coefficient (Wildman–Crippen LogP) is 5.90. The van der Waals surface area contributed by atoms with Crippen LogP contribution in [0.5, 0.6) is 5.75 Å². The summed E-state index contributed by atoms with van der Waals surface area (Å²) in [7, 11) is 0. The Bertz CT molecular complexity index is 960. The fourth-order valence-corrected chi connectivity index (χ4v) is 2.59. The SMILES string of the molecule is CC(Oc1ccc(NC(=O)Nc2cc(C(C)(C)C)on2)cc1)c1ccc(F)cc1. The molecule has 1 atom stereocenters. The largest absolute Gasteiger partial charge is 0.486 e. The summed E-state index contributed by atoms with van der Waals surface area (Å²) in [5, 5.41) is 9.22. The van der Waals surface area contributed by atoms with Crippen molar-refractivity contribution in [3.05, 3.63) is 71.7 Å². The maximum atomic E-state index is 13.0. The molecule has 152 valence electrons. The average Bonchev–Trinajstić information content (AvgIpc) is 3.12. The summed E-state index contributed by atoms with van der Waals surface area (Å²) in [5.74, 6) is 1.39. The molecule has 0 spiro atoms. The van der Waals surface area contributed by atoms with Gasteiger partial charge in [0.2, 0.25) is 0 Å². The van der Waals surface area contributed by atoms with E-state index in [9.17, 15) is 9.18 Å². The third kappa shape index (κ3) is 5.57. The van der Waals surface area contributed by atoms with Crippen LogP contribution in [0.3, 0.4) is 0 Å². The molecule has 0 aliphatic rings. The number of ether oxygens (including phenoxy) is 1. The van der Waals surface area contributed by atoms with Crippen molar-refractivity contribution in [2.45, 2.75) is 39.2 Å². The number of hydrogen-bond donors (Lipinski definition) is 2. The Labute approximate surface area is 169 Å². The predicted molar refractivity (Wildman–Crippen MR) is 110 cm³/mol. The maximum Gasteiger partial charge on any atom is 0.324 e. The van der Waals surface area contributed by atoms with Gasteiger partial charge in [0.25, 0.3) is 0 Å². The van der Waals surface area contributed by atoms with Gasteiger partial charge in [0, 0.05) is 17.2 Å². The first-order chi connectivity index (χ1) is 13.7. The molecule has 0 aliphatic heterocycles. The van der Waals surface area contributed by atoms with E-state index in [1.54, 1.807) is 42.5 Å². The van der Waals surface area contributed by atoms with Crippen LogP contribution in [0.2, 0.25) is 0 Å². The zero-order chi connectivity index (χ0) is 21.0. The number of carbonyl (C=O) groups excluding carboxylic acids is 1. The molecule has 0 radical (unpaired) electrons. The number of aromatic nitrogens is 1. The summed E-state index contributed by atoms with van der Waals surface area (Å²) in [4.78, 5) is 12.2. The molecular formula is C22H24FN3O3. The first-order valence-corrected chi connectivity index (χ1v) is 9.28. The second-order valence-corrected chi connectivity index (χ2v) is 7.74. The number of amides is 2. The Kier molecular flexibility index (Phi) is 5.87. The van der Waals surface area contributed by atoms with E-state index in [1.165, 1.54) is 12.1 Å². The number of urea groups is 1. The minimum atomic E-state index is -0.424. The standard InChI is InChI=1S/C22H24FN3O3/c1-14(15-5-7-16(23)8-6-15)28-18-11-9-17(10-12-18)24-21(27)25-20-13-19(29-26-20)22(2,3)4/h5-14H,1-4H3,(H2,24,25,26,27). The van der Waals surface area contributed by atoms with E-state index in [2.05, 4.69) is 15.8 Å². The number of rotatable bonds is 5. The van der Waals surface area contributed by atoms with Gasteiger partial charge in [-0.2, -0.15) is 0 Å². The van der Waals surface area contributed by atoms with Gasteiger partial charge in [-0.05, 0) is 48.9 Å². The second-order valence-electron chi connectivity index (χ2n) is 7.74. The van der Waals surface area contributed by atoms with Gasteiger partial charge in [0.1, 0.15) is 23.4 Å². The summed E-state index contributed by atoms with van der Waals surface area (Å²) in [6.07, 6.45) is -0.234. The molecule has 0 saturated heterocycles. The first kappa shape index (κ1) is 20.4. The number of nitrogens with one attached hydrogen (secondary N) is 2. The van der Waals surface area contributed by atoms with Crippen LogP contribution in [0.25, 0.3) is 0 Å². The third-order valence-corrected chi connectivity index (χ3v) is 4.26. The molecule has 29 heavy (non-hydrogen) atoms. The molecule has 1 aromatic heterocycles. The van der Waals surface area contributed by atoms with Gasteiger partial charge in [-0.1, -0.05) is 38.1 Å². The summed E-state index contributed by atoms with van der Waals surface area (Å²) in [6, 6.07) is 14.4. The van der Waals surface area contributed by atoms with E-state index in [0.717, 1.165) is 5.56 Å². The molecule has 7 heteroatoms. The van der Waals surface area contributed by atoms with E-state index < -0.39 is 6.03 Å². The van der Waals surface area contributed by atoms with Crippen molar-refractivity contribution in [1.29, 1.82) is 0 Å². The lowest BCUT2D eigenvalue weighted by Gasteiger charge is -2.15. The molecule has 0 bridgehead atoms. The summed E-state index contributed by atoms with van der Waals surface area (Å²) < 4.78 is 24.1. The van der Waals surface area contributed by atoms with Crippen LogP contribution in [0.4, 0.5) is 20.7 Å². The van der Waals surface area contributed by atoms with Crippen molar-refractivity contribution in [2.24, 2.45) is 0 Å². The zero-order valence-corrected chi connectivity index (χ0v) is 16.8. The molecule has 0 saturated carbocycles. The lowest BCUT2D eigenvalue weighted by Crippen LogP contribution is -2.19. The fraction of sp³-hybridized carbons (Fsp3) is 0.273. The van der Waals surface area contributed by atoms with E-state index in [-0.39, 0.29) is 17.3 Å². The minimum Gasteiger partial charge on any atom is -0.486 e. The van der Waals surface area contributed by atoms with Crippen LogP contribution in [-0.2, 0) is 5.41 Å². The van der Waals surface area contributed by atoms with Gasteiger partial charge in [-0.25, -0.2) is 9.18 Å². The lowest BCUT2D eigenvalue weighted by molar-refractivity contribution is 0.227. The molecule has 2 amide bonds. The Morgan fingerprint density at radius 2 is 1.72 bits per heavy atom. The highest BCUT2D eigenvalue weighted by molar-refractivity contribution is 5.99. The molecule has 3 rings (SSSR count). The quantitative estimate of drug-likeness (QED) is 0.562. The Hall–Kier alpha value is -3.35. The van der Waals surface area contributed by atoms with Crippen LogP contribution >= 0.6 is 0 Å². The molecule has 1 heterocycles. The first-order valence-electron chi connectivity index (χ1n) is 9.28. The number of anilines is 2.